The van der Waals surface area contributed by atoms with Gasteiger partial charge >= 0.3 is 0 Å². The molecule has 1 aliphatic rings. The summed E-state index contributed by atoms with van der Waals surface area (Å²) in [6, 6.07) is 0. The Balaban J connectivity index is 2.58. The Kier molecular flexibility index (Phi) is 1.79. The Bertz CT molecular complexity index is 150. The SMILES string of the molecule is O=S1(=O)CSCCN1. The zero-order valence-corrected chi connectivity index (χ0v) is 5.89. The molecule has 1 saturated heterocycles. The van der Waals surface area contributed by atoms with E-state index in [9.17, 15) is 8.42 Å². The molecule has 0 atom stereocenters. The van der Waals surface area contributed by atoms with Crippen LogP contribution in [-0.2, 0) is 10.0 Å². The van der Waals surface area contributed by atoms with Gasteiger partial charge < -0.3 is 0 Å². The first kappa shape index (κ1) is 6.38. The normalized spacial score (nSPS) is 27.5. The van der Waals surface area contributed by atoms with Crippen LogP contribution in [0.1, 0.15) is 0 Å². The van der Waals surface area contributed by atoms with Crippen LogP contribution < -0.4 is 4.72 Å². The second kappa shape index (κ2) is 2.24. The van der Waals surface area contributed by atoms with Crippen molar-refractivity contribution >= 4 is 21.8 Å². The molecular weight excluding hydrogens is 146 g/mol. The summed E-state index contributed by atoms with van der Waals surface area (Å²) in [4.78, 5) is 0. The van der Waals surface area contributed by atoms with Gasteiger partial charge in [-0.2, -0.15) is 0 Å². The van der Waals surface area contributed by atoms with Crippen molar-refractivity contribution in [2.24, 2.45) is 0 Å². The molecule has 8 heavy (non-hydrogen) atoms. The molecule has 0 amide bonds. The second-order valence-corrected chi connectivity index (χ2v) is 4.81. The van der Waals surface area contributed by atoms with Gasteiger partial charge in [0.1, 0.15) is 5.08 Å². The van der Waals surface area contributed by atoms with Gasteiger partial charge in [0.15, 0.2) is 0 Å². The van der Waals surface area contributed by atoms with Crippen molar-refractivity contribution in [1.82, 2.24) is 4.72 Å². The molecular formula is C3H7NO2S2. The fraction of sp³-hybridized carbons (Fsp3) is 1.00. The molecule has 0 spiro atoms. The molecule has 0 unspecified atom stereocenters. The number of hydrogen-bond acceptors (Lipinski definition) is 3. The van der Waals surface area contributed by atoms with Crippen molar-refractivity contribution in [2.75, 3.05) is 17.4 Å². The van der Waals surface area contributed by atoms with Crippen LogP contribution >= 0.6 is 11.8 Å². The predicted octanol–water partition coefficient (Wildman–Crippen LogP) is -0.390. The van der Waals surface area contributed by atoms with Gasteiger partial charge in [-0.25, -0.2) is 13.1 Å². The molecule has 0 aromatic rings. The quantitative estimate of drug-likeness (QED) is 0.515. The fourth-order valence-electron chi connectivity index (χ4n) is 0.480. The minimum Gasteiger partial charge on any atom is -0.214 e. The third kappa shape index (κ3) is 1.65. The molecule has 1 rings (SSSR count). The number of rotatable bonds is 0. The van der Waals surface area contributed by atoms with E-state index < -0.39 is 10.0 Å². The van der Waals surface area contributed by atoms with Crippen molar-refractivity contribution in [3.8, 4) is 0 Å². The van der Waals surface area contributed by atoms with Gasteiger partial charge in [-0.3, -0.25) is 0 Å². The van der Waals surface area contributed by atoms with Gasteiger partial charge in [0.25, 0.3) is 0 Å². The summed E-state index contributed by atoms with van der Waals surface area (Å²) in [5.74, 6) is 0.902. The van der Waals surface area contributed by atoms with Crippen LogP contribution in [0.4, 0.5) is 0 Å². The Morgan fingerprint density at radius 1 is 1.50 bits per heavy atom. The number of hydrogen-bond donors (Lipinski definition) is 1. The van der Waals surface area contributed by atoms with Crippen LogP contribution in [0, 0.1) is 0 Å². The first-order chi connectivity index (χ1) is 3.71. The van der Waals surface area contributed by atoms with E-state index in [1.54, 1.807) is 0 Å². The Morgan fingerprint density at radius 2 is 2.25 bits per heavy atom. The molecule has 0 radical (unpaired) electrons. The van der Waals surface area contributed by atoms with Crippen molar-refractivity contribution < 1.29 is 8.42 Å². The van der Waals surface area contributed by atoms with Gasteiger partial charge in [-0.15, -0.1) is 11.8 Å². The van der Waals surface area contributed by atoms with Crippen molar-refractivity contribution in [3.63, 3.8) is 0 Å². The lowest BCUT2D eigenvalue weighted by atomic mass is 10.8. The summed E-state index contributed by atoms with van der Waals surface area (Å²) in [6.45, 7) is 0.590. The third-order valence-electron chi connectivity index (χ3n) is 0.807. The van der Waals surface area contributed by atoms with E-state index in [0.29, 0.717) is 6.54 Å². The third-order valence-corrected chi connectivity index (χ3v) is 3.85. The highest BCUT2D eigenvalue weighted by Gasteiger charge is 2.13. The molecule has 5 heteroatoms. The molecule has 1 aliphatic heterocycles. The summed E-state index contributed by atoms with van der Waals surface area (Å²) >= 11 is 1.45. The molecule has 3 nitrogen and oxygen atoms in total. The van der Waals surface area contributed by atoms with E-state index in [1.165, 1.54) is 11.8 Å². The van der Waals surface area contributed by atoms with Crippen LogP contribution in [0.3, 0.4) is 0 Å². The van der Waals surface area contributed by atoms with Gasteiger partial charge in [-0.1, -0.05) is 0 Å². The van der Waals surface area contributed by atoms with Gasteiger partial charge in [0.2, 0.25) is 10.0 Å². The second-order valence-electron chi connectivity index (χ2n) is 1.54. The molecule has 1 fully saturated rings. The van der Waals surface area contributed by atoms with E-state index in [4.69, 9.17) is 0 Å². The van der Waals surface area contributed by atoms with Crippen LogP contribution in [-0.4, -0.2) is 25.8 Å². The topological polar surface area (TPSA) is 46.2 Å². The van der Waals surface area contributed by atoms with E-state index >= 15 is 0 Å². The summed E-state index contributed by atoms with van der Waals surface area (Å²) in [7, 11) is -2.87. The summed E-state index contributed by atoms with van der Waals surface area (Å²) < 4.78 is 23.4. The first-order valence-electron chi connectivity index (χ1n) is 2.26. The summed E-state index contributed by atoms with van der Waals surface area (Å²) in [5, 5.41) is 0.229. The lowest BCUT2D eigenvalue weighted by Crippen LogP contribution is -2.31. The number of thioether (sulfide) groups is 1. The van der Waals surface area contributed by atoms with Crippen LogP contribution in [0.5, 0.6) is 0 Å². The molecule has 0 aromatic heterocycles. The molecule has 0 saturated carbocycles. The van der Waals surface area contributed by atoms with E-state index in [0.717, 1.165) is 5.75 Å². The average Bonchev–Trinajstić information content (AvgIpc) is 1.65. The zero-order valence-electron chi connectivity index (χ0n) is 4.25. The number of sulfonamides is 1. The number of nitrogens with one attached hydrogen (secondary N) is 1. The fourth-order valence-corrected chi connectivity index (χ4v) is 2.95. The Labute approximate surface area is 52.9 Å². The van der Waals surface area contributed by atoms with Gasteiger partial charge in [-0.05, 0) is 0 Å². The first-order valence-corrected chi connectivity index (χ1v) is 5.06. The van der Waals surface area contributed by atoms with Crippen molar-refractivity contribution in [2.45, 2.75) is 0 Å². The van der Waals surface area contributed by atoms with Crippen LogP contribution in [0.2, 0.25) is 0 Å². The highest BCUT2D eigenvalue weighted by atomic mass is 32.3. The van der Waals surface area contributed by atoms with E-state index in [1.807, 2.05) is 0 Å². The highest BCUT2D eigenvalue weighted by Crippen LogP contribution is 2.07. The zero-order chi connectivity index (χ0) is 6.04. The molecule has 48 valence electrons. The molecule has 0 aliphatic carbocycles. The van der Waals surface area contributed by atoms with Crippen molar-refractivity contribution in [1.29, 1.82) is 0 Å². The highest BCUT2D eigenvalue weighted by molar-refractivity contribution is 8.12. The molecule has 0 aromatic carbocycles. The van der Waals surface area contributed by atoms with E-state index in [2.05, 4.69) is 4.72 Å². The lowest BCUT2D eigenvalue weighted by Gasteiger charge is -2.10. The van der Waals surface area contributed by atoms with Crippen LogP contribution in [0.25, 0.3) is 0 Å². The maximum absolute atomic E-state index is 10.5. The van der Waals surface area contributed by atoms with Gasteiger partial charge in [0.05, 0.1) is 0 Å². The predicted molar refractivity (Wildman–Crippen MR) is 34.2 cm³/mol. The smallest absolute Gasteiger partial charge is 0.214 e. The standard InChI is InChI=1S/C3H7NO2S2/c5-8(6)3-7-2-1-4-8/h4H,1-3H2. The Morgan fingerprint density at radius 3 is 2.50 bits per heavy atom. The average molecular weight is 153 g/mol. The minimum absolute atomic E-state index is 0.229. The van der Waals surface area contributed by atoms with E-state index in [-0.39, 0.29) is 5.08 Å². The molecule has 0 bridgehead atoms. The van der Waals surface area contributed by atoms with Crippen molar-refractivity contribution in [3.05, 3.63) is 0 Å². The minimum atomic E-state index is -2.87. The largest absolute Gasteiger partial charge is 0.221 e. The Hall–Kier alpha value is 0.260. The van der Waals surface area contributed by atoms with Gasteiger partial charge in [0, 0.05) is 12.3 Å². The maximum atomic E-state index is 10.5. The molecule has 1 N–H and O–H groups in total. The maximum Gasteiger partial charge on any atom is 0.221 e. The summed E-state index contributed by atoms with van der Waals surface area (Å²) in [6.07, 6.45) is 0. The summed E-state index contributed by atoms with van der Waals surface area (Å²) in [5.41, 5.74) is 0. The molecule has 1 heterocycles. The van der Waals surface area contributed by atoms with Crippen LogP contribution in [0.15, 0.2) is 0 Å². The monoisotopic (exact) mass is 153 g/mol. The lowest BCUT2D eigenvalue weighted by molar-refractivity contribution is 0.588.